The number of likely N-dealkylation sites (N-methyl/N-ethyl adjacent to an activating group) is 1. The Morgan fingerprint density at radius 3 is 2.44 bits per heavy atom. The Morgan fingerprint density at radius 2 is 1.83 bits per heavy atom. The average molecular weight is 249 g/mol. The molecular formula is C12H15N3O3. The molecule has 96 valence electrons. The first-order chi connectivity index (χ1) is 8.54. The zero-order chi connectivity index (χ0) is 13.1. The van der Waals surface area contributed by atoms with Gasteiger partial charge in [0.2, 0.25) is 0 Å². The van der Waals surface area contributed by atoms with Gasteiger partial charge in [0, 0.05) is 24.6 Å². The Kier molecular flexibility index (Phi) is 3.47. The predicted molar refractivity (Wildman–Crippen MR) is 65.3 cm³/mol. The van der Waals surface area contributed by atoms with Gasteiger partial charge in [-0.15, -0.1) is 0 Å². The maximum atomic E-state index is 9.38. The summed E-state index contributed by atoms with van der Waals surface area (Å²) >= 11 is 0. The number of hydrogen-bond acceptors (Lipinski definition) is 6. The van der Waals surface area contributed by atoms with E-state index in [1.54, 1.807) is 0 Å². The van der Waals surface area contributed by atoms with Crippen molar-refractivity contribution in [3.05, 3.63) is 24.0 Å². The van der Waals surface area contributed by atoms with Crippen LogP contribution in [0.1, 0.15) is 5.82 Å². The predicted octanol–water partition coefficient (Wildman–Crippen LogP) is 1.25. The molecular weight excluding hydrogens is 234 g/mol. The number of benzene rings is 1. The van der Waals surface area contributed by atoms with Gasteiger partial charge in [-0.1, -0.05) is 5.16 Å². The van der Waals surface area contributed by atoms with E-state index in [2.05, 4.69) is 10.1 Å². The lowest BCUT2D eigenvalue weighted by molar-refractivity contribution is 0.392. The van der Waals surface area contributed by atoms with Crippen LogP contribution in [0.5, 0.6) is 11.5 Å². The summed E-state index contributed by atoms with van der Waals surface area (Å²) < 4.78 is 5.09. The van der Waals surface area contributed by atoms with Crippen molar-refractivity contribution in [1.82, 2.24) is 15.0 Å². The summed E-state index contributed by atoms with van der Waals surface area (Å²) in [7, 11) is 3.93. The molecule has 0 saturated carbocycles. The molecule has 0 saturated heterocycles. The van der Waals surface area contributed by atoms with Crippen molar-refractivity contribution in [3.8, 4) is 23.0 Å². The fraction of sp³-hybridized carbons (Fsp3) is 0.333. The second-order valence-electron chi connectivity index (χ2n) is 4.31. The summed E-state index contributed by atoms with van der Waals surface area (Å²) in [5.41, 5.74) is 0.496. The minimum absolute atomic E-state index is 0.0435. The zero-order valence-corrected chi connectivity index (χ0v) is 10.3. The van der Waals surface area contributed by atoms with Gasteiger partial charge in [-0.05, 0) is 26.2 Å². The normalized spacial score (nSPS) is 11.1. The van der Waals surface area contributed by atoms with E-state index in [1.165, 1.54) is 18.2 Å². The molecule has 6 nitrogen and oxygen atoms in total. The maximum absolute atomic E-state index is 9.38. The van der Waals surface area contributed by atoms with Crippen LogP contribution in [0.2, 0.25) is 0 Å². The monoisotopic (exact) mass is 249 g/mol. The average Bonchev–Trinajstić information content (AvgIpc) is 2.73. The van der Waals surface area contributed by atoms with Crippen LogP contribution in [0.25, 0.3) is 11.5 Å². The molecule has 1 aromatic heterocycles. The highest BCUT2D eigenvalue weighted by atomic mass is 16.5. The molecule has 18 heavy (non-hydrogen) atoms. The first-order valence-electron chi connectivity index (χ1n) is 5.55. The van der Waals surface area contributed by atoms with E-state index in [0.29, 0.717) is 17.8 Å². The van der Waals surface area contributed by atoms with E-state index in [4.69, 9.17) is 4.52 Å². The van der Waals surface area contributed by atoms with Crippen molar-refractivity contribution in [1.29, 1.82) is 0 Å². The number of phenolic OH excluding ortho intramolecular Hbond substituents is 2. The fourth-order valence-electron chi connectivity index (χ4n) is 1.52. The lowest BCUT2D eigenvalue weighted by Crippen LogP contribution is -2.15. The summed E-state index contributed by atoms with van der Waals surface area (Å²) in [5, 5.41) is 22.6. The van der Waals surface area contributed by atoms with Crippen molar-refractivity contribution in [2.75, 3.05) is 20.6 Å². The molecule has 2 rings (SSSR count). The largest absolute Gasteiger partial charge is 0.508 e. The van der Waals surface area contributed by atoms with Crippen LogP contribution >= 0.6 is 0 Å². The minimum atomic E-state index is -0.0435. The topological polar surface area (TPSA) is 82.6 Å². The first-order valence-corrected chi connectivity index (χ1v) is 5.55. The molecule has 0 spiro atoms. The van der Waals surface area contributed by atoms with E-state index in [-0.39, 0.29) is 17.4 Å². The first kappa shape index (κ1) is 12.4. The molecule has 0 aliphatic rings. The molecule has 0 fully saturated rings. The summed E-state index contributed by atoms with van der Waals surface area (Å²) in [4.78, 5) is 6.23. The van der Waals surface area contributed by atoms with Gasteiger partial charge in [0.05, 0.1) is 0 Å². The van der Waals surface area contributed by atoms with Crippen LogP contribution in [0, 0.1) is 0 Å². The van der Waals surface area contributed by atoms with Crippen LogP contribution in [-0.2, 0) is 6.42 Å². The van der Waals surface area contributed by atoms with Gasteiger partial charge in [0.1, 0.15) is 11.5 Å². The number of phenols is 2. The highest BCUT2D eigenvalue weighted by molar-refractivity contribution is 5.58. The summed E-state index contributed by atoms with van der Waals surface area (Å²) in [6, 6.07) is 4.17. The van der Waals surface area contributed by atoms with Crippen LogP contribution in [0.4, 0.5) is 0 Å². The Bertz CT molecular complexity index is 517. The molecule has 1 aromatic carbocycles. The summed E-state index contributed by atoms with van der Waals surface area (Å²) in [5.74, 6) is 0.799. The molecule has 0 unspecified atom stereocenters. The van der Waals surface area contributed by atoms with Gasteiger partial charge in [-0.2, -0.15) is 4.98 Å². The lowest BCUT2D eigenvalue weighted by atomic mass is 10.2. The maximum Gasteiger partial charge on any atom is 0.258 e. The van der Waals surface area contributed by atoms with Gasteiger partial charge in [0.25, 0.3) is 5.89 Å². The standard InChI is InChI=1S/C12H15N3O3/c1-15(2)4-3-11-13-12(18-14-11)8-5-9(16)7-10(17)6-8/h5-7,16-17H,3-4H2,1-2H3. The van der Waals surface area contributed by atoms with E-state index >= 15 is 0 Å². The highest BCUT2D eigenvalue weighted by Gasteiger charge is 2.10. The number of aromatic hydroxyl groups is 2. The van der Waals surface area contributed by atoms with Crippen molar-refractivity contribution < 1.29 is 14.7 Å². The Balaban J connectivity index is 2.18. The zero-order valence-electron chi connectivity index (χ0n) is 10.3. The smallest absolute Gasteiger partial charge is 0.258 e. The molecule has 0 aliphatic carbocycles. The molecule has 0 amide bonds. The van der Waals surface area contributed by atoms with Crippen LogP contribution in [0.15, 0.2) is 22.7 Å². The Morgan fingerprint density at radius 1 is 1.17 bits per heavy atom. The van der Waals surface area contributed by atoms with Gasteiger partial charge in [0.15, 0.2) is 5.82 Å². The minimum Gasteiger partial charge on any atom is -0.508 e. The summed E-state index contributed by atoms with van der Waals surface area (Å²) in [6.07, 6.45) is 0.682. The number of nitrogens with zero attached hydrogens (tertiary/aromatic N) is 3. The van der Waals surface area contributed by atoms with E-state index in [9.17, 15) is 10.2 Å². The van der Waals surface area contributed by atoms with Crippen LogP contribution in [0.3, 0.4) is 0 Å². The van der Waals surface area contributed by atoms with Gasteiger partial charge in [-0.25, -0.2) is 0 Å². The molecule has 0 radical (unpaired) electrons. The third-order valence-electron chi connectivity index (χ3n) is 2.40. The molecule has 6 heteroatoms. The second kappa shape index (κ2) is 5.05. The van der Waals surface area contributed by atoms with Crippen molar-refractivity contribution in [2.24, 2.45) is 0 Å². The van der Waals surface area contributed by atoms with Gasteiger partial charge in [-0.3, -0.25) is 0 Å². The van der Waals surface area contributed by atoms with Crippen molar-refractivity contribution in [3.63, 3.8) is 0 Å². The second-order valence-corrected chi connectivity index (χ2v) is 4.31. The SMILES string of the molecule is CN(C)CCc1noc(-c2cc(O)cc(O)c2)n1. The number of rotatable bonds is 4. The molecule has 2 N–H and O–H groups in total. The van der Waals surface area contributed by atoms with Gasteiger partial charge >= 0.3 is 0 Å². The quantitative estimate of drug-likeness (QED) is 0.848. The lowest BCUT2D eigenvalue weighted by Gasteiger charge is -2.05. The molecule has 0 atom stereocenters. The molecule has 0 aliphatic heterocycles. The van der Waals surface area contributed by atoms with Crippen LogP contribution in [-0.4, -0.2) is 45.9 Å². The summed E-state index contributed by atoms with van der Waals surface area (Å²) in [6.45, 7) is 0.824. The van der Waals surface area contributed by atoms with Crippen molar-refractivity contribution in [2.45, 2.75) is 6.42 Å². The molecule has 1 heterocycles. The van der Waals surface area contributed by atoms with E-state index < -0.39 is 0 Å². The van der Waals surface area contributed by atoms with E-state index in [0.717, 1.165) is 6.54 Å². The third-order valence-corrected chi connectivity index (χ3v) is 2.40. The molecule has 2 aromatic rings. The Labute approximate surface area is 104 Å². The third kappa shape index (κ3) is 2.98. The fourth-order valence-corrected chi connectivity index (χ4v) is 1.52. The van der Waals surface area contributed by atoms with E-state index in [1.807, 2.05) is 19.0 Å². The van der Waals surface area contributed by atoms with Crippen LogP contribution < -0.4 is 0 Å². The molecule has 0 bridgehead atoms. The number of aromatic nitrogens is 2. The number of hydrogen-bond donors (Lipinski definition) is 2. The Hall–Kier alpha value is -2.08. The highest BCUT2D eigenvalue weighted by Crippen LogP contribution is 2.27. The van der Waals surface area contributed by atoms with Gasteiger partial charge < -0.3 is 19.6 Å². The van der Waals surface area contributed by atoms with Crippen molar-refractivity contribution >= 4 is 0 Å².